The van der Waals surface area contributed by atoms with Crippen molar-refractivity contribution in [3.05, 3.63) is 54.2 Å². The van der Waals surface area contributed by atoms with E-state index in [1.165, 1.54) is 22.3 Å². The lowest BCUT2D eigenvalue weighted by molar-refractivity contribution is 0.621. The predicted octanol–water partition coefficient (Wildman–Crippen LogP) is 3.73. The van der Waals surface area contributed by atoms with Crippen LogP contribution in [0.4, 0.5) is 0 Å². The summed E-state index contributed by atoms with van der Waals surface area (Å²) in [6.07, 6.45) is 7.12. The first kappa shape index (κ1) is 12.0. The van der Waals surface area contributed by atoms with E-state index in [-0.39, 0.29) is 0 Å². The lowest BCUT2D eigenvalue weighted by atomic mass is 10.1. The van der Waals surface area contributed by atoms with Crippen LogP contribution in [0.1, 0.15) is 31.2 Å². The maximum absolute atomic E-state index is 4.43. The summed E-state index contributed by atoms with van der Waals surface area (Å²) in [7, 11) is 0. The van der Waals surface area contributed by atoms with Crippen LogP contribution in [0.15, 0.2) is 42.9 Å². The molecule has 0 aliphatic rings. The fraction of sp³-hybridized carbons (Fsp3) is 0.312. The molecule has 1 aromatic carbocycles. The number of benzene rings is 1. The SMILES string of the molecule is CC(C)c1nccn1CCc1c[nH]c2ccccc12. The summed E-state index contributed by atoms with van der Waals surface area (Å²) in [5, 5.41) is 1.33. The number of hydrogen-bond donors (Lipinski definition) is 1. The third-order valence-corrected chi connectivity index (χ3v) is 3.56. The predicted molar refractivity (Wildman–Crippen MR) is 78.3 cm³/mol. The normalized spacial score (nSPS) is 11.5. The summed E-state index contributed by atoms with van der Waals surface area (Å²) in [4.78, 5) is 7.76. The topological polar surface area (TPSA) is 33.6 Å². The number of hydrogen-bond acceptors (Lipinski definition) is 1. The number of nitrogens with zero attached hydrogens (tertiary/aromatic N) is 2. The largest absolute Gasteiger partial charge is 0.361 e. The first-order chi connectivity index (χ1) is 9.25. The van der Waals surface area contributed by atoms with Crippen molar-refractivity contribution in [2.45, 2.75) is 32.7 Å². The molecule has 1 N–H and O–H groups in total. The van der Waals surface area contributed by atoms with Gasteiger partial charge < -0.3 is 9.55 Å². The third kappa shape index (κ3) is 2.28. The van der Waals surface area contributed by atoms with Crippen LogP contribution in [0.25, 0.3) is 10.9 Å². The number of H-pyrrole nitrogens is 1. The van der Waals surface area contributed by atoms with E-state index in [0.717, 1.165) is 13.0 Å². The highest BCUT2D eigenvalue weighted by molar-refractivity contribution is 5.82. The number of nitrogens with one attached hydrogen (secondary N) is 1. The Morgan fingerprint density at radius 3 is 2.95 bits per heavy atom. The van der Waals surface area contributed by atoms with Crippen molar-refractivity contribution in [1.29, 1.82) is 0 Å². The van der Waals surface area contributed by atoms with Gasteiger partial charge in [-0.2, -0.15) is 0 Å². The van der Waals surface area contributed by atoms with Crippen LogP contribution >= 0.6 is 0 Å². The first-order valence-corrected chi connectivity index (χ1v) is 6.81. The van der Waals surface area contributed by atoms with Crippen molar-refractivity contribution >= 4 is 10.9 Å². The second-order valence-electron chi connectivity index (χ2n) is 5.24. The molecule has 3 heteroatoms. The molecule has 0 spiro atoms. The zero-order chi connectivity index (χ0) is 13.2. The molecule has 19 heavy (non-hydrogen) atoms. The summed E-state index contributed by atoms with van der Waals surface area (Å²) >= 11 is 0. The van der Waals surface area contributed by atoms with Gasteiger partial charge in [0.15, 0.2) is 0 Å². The molecule has 2 aromatic heterocycles. The Morgan fingerprint density at radius 1 is 1.26 bits per heavy atom. The zero-order valence-electron chi connectivity index (χ0n) is 11.4. The van der Waals surface area contributed by atoms with Crippen molar-refractivity contribution in [2.75, 3.05) is 0 Å². The van der Waals surface area contributed by atoms with Crippen molar-refractivity contribution in [3.63, 3.8) is 0 Å². The van der Waals surface area contributed by atoms with E-state index in [9.17, 15) is 0 Å². The minimum absolute atomic E-state index is 0.470. The van der Waals surface area contributed by atoms with E-state index >= 15 is 0 Å². The average molecular weight is 253 g/mol. The van der Waals surface area contributed by atoms with Gasteiger partial charge in [-0.05, 0) is 18.1 Å². The maximum atomic E-state index is 4.43. The Morgan fingerprint density at radius 2 is 2.11 bits per heavy atom. The van der Waals surface area contributed by atoms with Gasteiger partial charge in [0.25, 0.3) is 0 Å². The molecule has 3 aromatic rings. The lowest BCUT2D eigenvalue weighted by Crippen LogP contribution is -2.06. The number of aryl methyl sites for hydroxylation is 2. The van der Waals surface area contributed by atoms with E-state index in [4.69, 9.17) is 0 Å². The Hall–Kier alpha value is -2.03. The van der Waals surface area contributed by atoms with Crippen LogP contribution < -0.4 is 0 Å². The van der Waals surface area contributed by atoms with Gasteiger partial charge in [-0.25, -0.2) is 4.98 Å². The minimum atomic E-state index is 0.470. The van der Waals surface area contributed by atoms with E-state index in [1.54, 1.807) is 0 Å². The van der Waals surface area contributed by atoms with Crippen LogP contribution in [-0.2, 0) is 13.0 Å². The molecule has 0 aliphatic heterocycles. The molecule has 0 atom stereocenters. The molecule has 98 valence electrons. The Kier molecular flexibility index (Phi) is 3.11. The number of para-hydroxylation sites is 1. The van der Waals surface area contributed by atoms with E-state index in [2.05, 4.69) is 65.0 Å². The van der Waals surface area contributed by atoms with Crippen molar-refractivity contribution in [1.82, 2.24) is 14.5 Å². The Balaban J connectivity index is 1.81. The van der Waals surface area contributed by atoms with Gasteiger partial charge in [-0.15, -0.1) is 0 Å². The second kappa shape index (κ2) is 4.92. The second-order valence-corrected chi connectivity index (χ2v) is 5.24. The van der Waals surface area contributed by atoms with Gasteiger partial charge in [0.2, 0.25) is 0 Å². The molecule has 0 bridgehead atoms. The van der Waals surface area contributed by atoms with Gasteiger partial charge in [-0.3, -0.25) is 0 Å². The number of imidazole rings is 1. The van der Waals surface area contributed by atoms with Gasteiger partial charge in [0, 0.05) is 42.0 Å². The van der Waals surface area contributed by atoms with E-state index < -0.39 is 0 Å². The van der Waals surface area contributed by atoms with Crippen LogP contribution in [0.3, 0.4) is 0 Å². The number of fused-ring (bicyclic) bond motifs is 1. The summed E-state index contributed by atoms with van der Waals surface area (Å²) in [5.74, 6) is 1.64. The fourth-order valence-corrected chi connectivity index (χ4v) is 2.59. The highest BCUT2D eigenvalue weighted by Gasteiger charge is 2.08. The zero-order valence-corrected chi connectivity index (χ0v) is 11.4. The molecule has 0 saturated heterocycles. The van der Waals surface area contributed by atoms with Crippen molar-refractivity contribution in [2.24, 2.45) is 0 Å². The highest BCUT2D eigenvalue weighted by Crippen LogP contribution is 2.19. The molecule has 3 nitrogen and oxygen atoms in total. The number of rotatable bonds is 4. The summed E-state index contributed by atoms with van der Waals surface area (Å²) in [6.45, 7) is 5.35. The Bertz CT molecular complexity index is 676. The molecular formula is C16H19N3. The quantitative estimate of drug-likeness (QED) is 0.755. The Labute approximate surface area is 113 Å². The first-order valence-electron chi connectivity index (χ1n) is 6.81. The highest BCUT2D eigenvalue weighted by atomic mass is 15.1. The molecule has 0 radical (unpaired) electrons. The van der Waals surface area contributed by atoms with Crippen LogP contribution in [-0.4, -0.2) is 14.5 Å². The fourth-order valence-electron chi connectivity index (χ4n) is 2.59. The summed E-state index contributed by atoms with van der Waals surface area (Å²) < 4.78 is 2.26. The standard InChI is InChI=1S/C16H19N3/c1-12(2)16-17-8-10-19(16)9-7-13-11-18-15-6-4-3-5-14(13)15/h3-6,8,10-12,18H,7,9H2,1-2H3. The number of aromatic amines is 1. The smallest absolute Gasteiger partial charge is 0.111 e. The number of aromatic nitrogens is 3. The van der Waals surface area contributed by atoms with Crippen LogP contribution in [0.2, 0.25) is 0 Å². The molecular weight excluding hydrogens is 234 g/mol. The minimum Gasteiger partial charge on any atom is -0.361 e. The molecule has 0 saturated carbocycles. The molecule has 0 fully saturated rings. The van der Waals surface area contributed by atoms with Crippen molar-refractivity contribution in [3.8, 4) is 0 Å². The van der Waals surface area contributed by atoms with Crippen molar-refractivity contribution < 1.29 is 0 Å². The monoisotopic (exact) mass is 253 g/mol. The van der Waals surface area contributed by atoms with Gasteiger partial charge in [-0.1, -0.05) is 32.0 Å². The van der Waals surface area contributed by atoms with Gasteiger partial charge >= 0.3 is 0 Å². The third-order valence-electron chi connectivity index (χ3n) is 3.56. The molecule has 2 heterocycles. The summed E-state index contributed by atoms with van der Waals surface area (Å²) in [6, 6.07) is 8.46. The molecule has 0 unspecified atom stereocenters. The molecule has 0 amide bonds. The van der Waals surface area contributed by atoms with E-state index in [1.807, 2.05) is 6.20 Å². The average Bonchev–Trinajstić information content (AvgIpc) is 3.03. The molecule has 0 aliphatic carbocycles. The molecule has 3 rings (SSSR count). The van der Waals surface area contributed by atoms with E-state index in [0.29, 0.717) is 5.92 Å². The van der Waals surface area contributed by atoms with Gasteiger partial charge in [0.1, 0.15) is 5.82 Å². The van der Waals surface area contributed by atoms with Crippen LogP contribution in [0, 0.1) is 0 Å². The van der Waals surface area contributed by atoms with Gasteiger partial charge in [0.05, 0.1) is 0 Å². The maximum Gasteiger partial charge on any atom is 0.111 e. The van der Waals surface area contributed by atoms with Crippen LogP contribution in [0.5, 0.6) is 0 Å². The lowest BCUT2D eigenvalue weighted by Gasteiger charge is -2.09. The summed E-state index contributed by atoms with van der Waals surface area (Å²) in [5.41, 5.74) is 2.59.